The van der Waals surface area contributed by atoms with E-state index in [9.17, 15) is 9.90 Å². The molecule has 1 saturated carbocycles. The molecule has 0 aliphatic heterocycles. The number of carbonyl (C=O) groups is 1. The van der Waals surface area contributed by atoms with Crippen LogP contribution >= 0.6 is 11.6 Å². The molecule has 0 saturated heterocycles. The second-order valence-electron chi connectivity index (χ2n) is 7.81. The third-order valence-corrected chi connectivity index (χ3v) is 5.97. The van der Waals surface area contributed by atoms with Crippen LogP contribution in [0.4, 0.5) is 0 Å². The fraction of sp³-hybridized carbons (Fsp3) is 0.318. The van der Waals surface area contributed by atoms with Gasteiger partial charge in [-0.25, -0.2) is 14.3 Å². The van der Waals surface area contributed by atoms with Crippen LogP contribution in [0.15, 0.2) is 30.5 Å². The maximum atomic E-state index is 11.5. The Morgan fingerprint density at radius 1 is 1.31 bits per heavy atom. The number of halogens is 1. The van der Waals surface area contributed by atoms with Crippen molar-refractivity contribution < 1.29 is 9.90 Å². The summed E-state index contributed by atoms with van der Waals surface area (Å²) in [5.41, 5.74) is 5.98. The third kappa shape index (κ3) is 2.99. The summed E-state index contributed by atoms with van der Waals surface area (Å²) in [6, 6.07) is 7.65. The number of aromatic carboxylic acids is 1. The van der Waals surface area contributed by atoms with E-state index in [1.54, 1.807) is 22.8 Å². The van der Waals surface area contributed by atoms with Gasteiger partial charge >= 0.3 is 5.97 Å². The van der Waals surface area contributed by atoms with Gasteiger partial charge in [-0.1, -0.05) is 18.5 Å². The van der Waals surface area contributed by atoms with Gasteiger partial charge in [-0.3, -0.25) is 0 Å². The van der Waals surface area contributed by atoms with Crippen LogP contribution in [0.3, 0.4) is 0 Å². The highest BCUT2D eigenvalue weighted by Gasteiger charge is 2.26. The Morgan fingerprint density at radius 2 is 2.10 bits per heavy atom. The van der Waals surface area contributed by atoms with Gasteiger partial charge in [0.05, 0.1) is 16.8 Å². The van der Waals surface area contributed by atoms with Crippen LogP contribution in [-0.4, -0.2) is 30.2 Å². The fourth-order valence-electron chi connectivity index (χ4n) is 4.10. The summed E-state index contributed by atoms with van der Waals surface area (Å²) in [5, 5.41) is 15.8. The highest BCUT2D eigenvalue weighted by atomic mass is 35.5. The zero-order chi connectivity index (χ0) is 20.3. The summed E-state index contributed by atoms with van der Waals surface area (Å²) in [4.78, 5) is 16.1. The quantitative estimate of drug-likeness (QED) is 0.472. The molecule has 4 aromatic heterocycles. The Morgan fingerprint density at radius 3 is 2.79 bits per heavy atom. The van der Waals surface area contributed by atoms with Crippen LogP contribution in [0, 0.1) is 12.8 Å². The molecule has 0 unspecified atom stereocenters. The molecule has 4 aromatic rings. The van der Waals surface area contributed by atoms with Crippen molar-refractivity contribution in [1.29, 1.82) is 0 Å². The molecule has 0 bridgehead atoms. The van der Waals surface area contributed by atoms with E-state index in [1.165, 1.54) is 12.8 Å². The van der Waals surface area contributed by atoms with E-state index in [0.29, 0.717) is 11.1 Å². The Hall–Kier alpha value is -2.86. The van der Waals surface area contributed by atoms with Gasteiger partial charge in [0, 0.05) is 23.7 Å². The summed E-state index contributed by atoms with van der Waals surface area (Å²) >= 11 is 6.18. The largest absolute Gasteiger partial charge is 0.478 e. The number of carboxylic acid groups (broad SMARTS) is 1. The van der Waals surface area contributed by atoms with E-state index < -0.39 is 5.97 Å². The second-order valence-corrected chi connectivity index (χ2v) is 8.20. The third-order valence-electron chi connectivity index (χ3n) is 5.76. The number of pyridine rings is 2. The van der Waals surface area contributed by atoms with Crippen molar-refractivity contribution in [2.75, 3.05) is 0 Å². The molecule has 148 valence electrons. The molecular weight excluding hydrogens is 388 g/mol. The van der Waals surface area contributed by atoms with Crippen molar-refractivity contribution in [2.24, 2.45) is 5.92 Å². The molecule has 0 aromatic carbocycles. The second kappa shape index (κ2) is 6.59. The van der Waals surface area contributed by atoms with E-state index in [-0.39, 0.29) is 5.56 Å². The first kappa shape index (κ1) is 18.2. The van der Waals surface area contributed by atoms with E-state index in [0.717, 1.165) is 52.0 Å². The lowest BCUT2D eigenvalue weighted by Crippen LogP contribution is -2.04. The van der Waals surface area contributed by atoms with Crippen LogP contribution in [0.2, 0.25) is 5.15 Å². The van der Waals surface area contributed by atoms with E-state index in [4.69, 9.17) is 16.7 Å². The maximum Gasteiger partial charge on any atom is 0.337 e. The molecule has 0 radical (unpaired) electrons. The SMILES string of the molecule is CCc1cc(C(=O)O)cn2nc(-c3cc4ccc(Cl)nc4n3CC3CC3)c(C)c12. The minimum absolute atomic E-state index is 0.246. The Balaban J connectivity index is 1.78. The normalized spacial score (nSPS) is 14.2. The molecule has 6 nitrogen and oxygen atoms in total. The Bertz CT molecular complexity index is 1280. The highest BCUT2D eigenvalue weighted by Crippen LogP contribution is 2.37. The molecule has 1 fully saturated rings. The summed E-state index contributed by atoms with van der Waals surface area (Å²) < 4.78 is 3.93. The average Bonchev–Trinajstić information content (AvgIpc) is 3.37. The van der Waals surface area contributed by atoms with Crippen molar-refractivity contribution >= 4 is 34.1 Å². The van der Waals surface area contributed by atoms with Crippen molar-refractivity contribution in [3.8, 4) is 11.4 Å². The molecular formula is C22H21ClN4O2. The monoisotopic (exact) mass is 408 g/mol. The standard InChI is InChI=1S/C22H21ClN4O2/c1-3-14-8-16(22(28)29)11-27-20(14)12(2)19(25-27)17-9-15-6-7-18(23)24-21(15)26(17)10-13-4-5-13/h6-9,11,13H,3-5,10H2,1-2H3,(H,28,29). The number of fused-ring (bicyclic) bond motifs is 2. The zero-order valence-corrected chi connectivity index (χ0v) is 17.1. The first-order valence-corrected chi connectivity index (χ1v) is 10.3. The summed E-state index contributed by atoms with van der Waals surface area (Å²) in [7, 11) is 0. The van der Waals surface area contributed by atoms with E-state index in [2.05, 4.69) is 22.5 Å². The molecule has 7 heteroatoms. The summed E-state index contributed by atoms with van der Waals surface area (Å²) in [5.74, 6) is -0.287. The van der Waals surface area contributed by atoms with E-state index >= 15 is 0 Å². The molecule has 29 heavy (non-hydrogen) atoms. The Labute approximate surface area is 172 Å². The van der Waals surface area contributed by atoms with Crippen molar-refractivity contribution in [3.63, 3.8) is 0 Å². The van der Waals surface area contributed by atoms with Crippen LogP contribution in [0.25, 0.3) is 27.9 Å². The lowest BCUT2D eigenvalue weighted by molar-refractivity contribution is 0.0696. The predicted molar refractivity (Wildman–Crippen MR) is 113 cm³/mol. The Kier molecular flexibility index (Phi) is 4.13. The predicted octanol–water partition coefficient (Wildman–Crippen LogP) is 4.98. The van der Waals surface area contributed by atoms with E-state index in [1.807, 2.05) is 13.0 Å². The molecule has 1 N–H and O–H groups in total. The van der Waals surface area contributed by atoms with Gasteiger partial charge in [0.15, 0.2) is 0 Å². The lowest BCUT2D eigenvalue weighted by atomic mass is 10.1. The van der Waals surface area contributed by atoms with Crippen LogP contribution in [0.5, 0.6) is 0 Å². The van der Waals surface area contributed by atoms with Gasteiger partial charge in [-0.2, -0.15) is 5.10 Å². The minimum atomic E-state index is -0.946. The number of hydrogen-bond donors (Lipinski definition) is 1. The van der Waals surface area contributed by atoms with Crippen LogP contribution < -0.4 is 0 Å². The van der Waals surface area contributed by atoms with Gasteiger partial charge in [-0.05, 0) is 61.9 Å². The minimum Gasteiger partial charge on any atom is -0.478 e. The van der Waals surface area contributed by atoms with Gasteiger partial charge in [-0.15, -0.1) is 0 Å². The number of hydrogen-bond acceptors (Lipinski definition) is 3. The number of nitrogens with zero attached hydrogens (tertiary/aromatic N) is 4. The molecule has 1 aliphatic rings. The number of rotatable bonds is 5. The number of aryl methyl sites for hydroxylation is 2. The molecule has 5 rings (SSSR count). The van der Waals surface area contributed by atoms with Gasteiger partial charge in [0.25, 0.3) is 0 Å². The molecule has 0 atom stereocenters. The first-order valence-electron chi connectivity index (χ1n) is 9.87. The number of aromatic nitrogens is 4. The van der Waals surface area contributed by atoms with Gasteiger partial charge in [0.2, 0.25) is 0 Å². The molecule has 4 heterocycles. The van der Waals surface area contributed by atoms with Crippen molar-refractivity contribution in [3.05, 3.63) is 52.3 Å². The van der Waals surface area contributed by atoms with Crippen LogP contribution in [-0.2, 0) is 13.0 Å². The highest BCUT2D eigenvalue weighted by molar-refractivity contribution is 6.29. The number of carboxylic acids is 1. The first-order chi connectivity index (χ1) is 14.0. The van der Waals surface area contributed by atoms with Crippen molar-refractivity contribution in [2.45, 2.75) is 39.7 Å². The summed E-state index contributed by atoms with van der Waals surface area (Å²) in [6.45, 7) is 4.97. The fourth-order valence-corrected chi connectivity index (χ4v) is 4.24. The van der Waals surface area contributed by atoms with Gasteiger partial charge < -0.3 is 9.67 Å². The lowest BCUT2D eigenvalue weighted by Gasteiger charge is -2.08. The van der Waals surface area contributed by atoms with Crippen molar-refractivity contribution in [1.82, 2.24) is 19.2 Å². The molecule has 0 amide bonds. The zero-order valence-electron chi connectivity index (χ0n) is 16.3. The maximum absolute atomic E-state index is 11.5. The topological polar surface area (TPSA) is 72.4 Å². The van der Waals surface area contributed by atoms with Gasteiger partial charge in [0.1, 0.15) is 16.5 Å². The molecule has 0 spiro atoms. The smallest absolute Gasteiger partial charge is 0.337 e. The van der Waals surface area contributed by atoms with Crippen LogP contribution in [0.1, 0.15) is 41.3 Å². The average molecular weight is 409 g/mol. The summed E-state index contributed by atoms with van der Waals surface area (Å²) in [6.07, 6.45) is 4.78. The molecule has 1 aliphatic carbocycles.